The standard InChI is InChI=1S/C16H32N2O/c1-13-10-18(11-14(2)19-13)16(12-17)7-5-6-15(3,4)8-9-16/h13-14H,5-12,17H2,1-4H3. The molecule has 1 saturated carbocycles. The number of rotatable bonds is 2. The van der Waals surface area contributed by atoms with Crippen molar-refractivity contribution in [3.8, 4) is 0 Å². The predicted molar refractivity (Wildman–Crippen MR) is 80.2 cm³/mol. The Labute approximate surface area is 118 Å². The Morgan fingerprint density at radius 3 is 2.26 bits per heavy atom. The molecule has 0 aromatic heterocycles. The molecule has 0 aromatic carbocycles. The van der Waals surface area contributed by atoms with Gasteiger partial charge in [0.1, 0.15) is 0 Å². The average molecular weight is 268 g/mol. The maximum absolute atomic E-state index is 6.24. The number of hydrogen-bond acceptors (Lipinski definition) is 3. The minimum absolute atomic E-state index is 0.222. The third-order valence-electron chi connectivity index (χ3n) is 5.23. The van der Waals surface area contributed by atoms with E-state index in [4.69, 9.17) is 10.5 Å². The molecule has 3 unspecified atom stereocenters. The van der Waals surface area contributed by atoms with E-state index in [2.05, 4.69) is 32.6 Å². The quantitative estimate of drug-likeness (QED) is 0.783. The summed E-state index contributed by atoms with van der Waals surface area (Å²) in [5.74, 6) is 0. The first-order valence-electron chi connectivity index (χ1n) is 7.97. The van der Waals surface area contributed by atoms with Gasteiger partial charge >= 0.3 is 0 Å². The topological polar surface area (TPSA) is 38.5 Å². The molecule has 1 aliphatic heterocycles. The summed E-state index contributed by atoms with van der Waals surface area (Å²) in [6.07, 6.45) is 7.12. The second-order valence-electron chi connectivity index (χ2n) is 7.61. The third-order valence-corrected chi connectivity index (χ3v) is 5.23. The van der Waals surface area contributed by atoms with Crippen molar-refractivity contribution in [1.29, 1.82) is 0 Å². The summed E-state index contributed by atoms with van der Waals surface area (Å²) in [7, 11) is 0. The van der Waals surface area contributed by atoms with Gasteiger partial charge in [0, 0.05) is 25.2 Å². The number of hydrogen-bond donors (Lipinski definition) is 1. The van der Waals surface area contributed by atoms with Gasteiger partial charge in [-0.3, -0.25) is 4.90 Å². The molecule has 0 bridgehead atoms. The maximum Gasteiger partial charge on any atom is 0.0678 e. The molecule has 3 nitrogen and oxygen atoms in total. The lowest BCUT2D eigenvalue weighted by molar-refractivity contribution is -0.104. The van der Waals surface area contributed by atoms with Crippen LogP contribution in [0.5, 0.6) is 0 Å². The molecule has 19 heavy (non-hydrogen) atoms. The van der Waals surface area contributed by atoms with Gasteiger partial charge in [0.15, 0.2) is 0 Å². The van der Waals surface area contributed by atoms with E-state index in [1.54, 1.807) is 0 Å². The minimum Gasteiger partial charge on any atom is -0.373 e. The highest BCUT2D eigenvalue weighted by Gasteiger charge is 2.41. The Morgan fingerprint density at radius 1 is 1.05 bits per heavy atom. The van der Waals surface area contributed by atoms with Gasteiger partial charge in [-0.1, -0.05) is 20.3 Å². The van der Waals surface area contributed by atoms with Gasteiger partial charge in [0.05, 0.1) is 12.2 Å². The molecule has 3 atom stereocenters. The molecule has 2 aliphatic rings. The largest absolute Gasteiger partial charge is 0.373 e. The van der Waals surface area contributed by atoms with Gasteiger partial charge in [-0.15, -0.1) is 0 Å². The highest BCUT2D eigenvalue weighted by atomic mass is 16.5. The zero-order valence-corrected chi connectivity index (χ0v) is 13.2. The predicted octanol–water partition coefficient (Wildman–Crippen LogP) is 2.78. The van der Waals surface area contributed by atoms with Crippen molar-refractivity contribution in [2.75, 3.05) is 19.6 Å². The van der Waals surface area contributed by atoms with Crippen LogP contribution in [0.4, 0.5) is 0 Å². The van der Waals surface area contributed by atoms with Crippen molar-refractivity contribution in [2.45, 2.75) is 77.5 Å². The lowest BCUT2D eigenvalue weighted by atomic mass is 9.82. The van der Waals surface area contributed by atoms with Crippen LogP contribution < -0.4 is 5.73 Å². The molecule has 1 aliphatic carbocycles. The van der Waals surface area contributed by atoms with Gasteiger partial charge in [-0.05, 0) is 44.9 Å². The lowest BCUT2D eigenvalue weighted by Crippen LogP contribution is -2.60. The zero-order valence-electron chi connectivity index (χ0n) is 13.2. The molecule has 0 radical (unpaired) electrons. The molecular formula is C16H32N2O. The van der Waals surface area contributed by atoms with Crippen molar-refractivity contribution in [3.63, 3.8) is 0 Å². The maximum atomic E-state index is 6.24. The van der Waals surface area contributed by atoms with E-state index in [0.29, 0.717) is 17.6 Å². The first kappa shape index (κ1) is 15.3. The van der Waals surface area contributed by atoms with Crippen LogP contribution in [0.1, 0.15) is 59.8 Å². The van der Waals surface area contributed by atoms with Crippen LogP contribution >= 0.6 is 0 Å². The fraction of sp³-hybridized carbons (Fsp3) is 1.00. The van der Waals surface area contributed by atoms with Crippen LogP contribution in [-0.2, 0) is 4.74 Å². The Hall–Kier alpha value is -0.120. The van der Waals surface area contributed by atoms with Gasteiger partial charge < -0.3 is 10.5 Å². The van der Waals surface area contributed by atoms with E-state index in [9.17, 15) is 0 Å². The van der Waals surface area contributed by atoms with Crippen LogP contribution in [0, 0.1) is 5.41 Å². The summed E-state index contributed by atoms with van der Waals surface area (Å²) in [5, 5.41) is 0. The molecule has 2 fully saturated rings. The summed E-state index contributed by atoms with van der Waals surface area (Å²) in [6, 6.07) is 0. The van der Waals surface area contributed by atoms with E-state index in [0.717, 1.165) is 19.6 Å². The molecule has 2 N–H and O–H groups in total. The summed E-state index contributed by atoms with van der Waals surface area (Å²) in [5.41, 5.74) is 6.94. The van der Waals surface area contributed by atoms with Crippen LogP contribution in [0.15, 0.2) is 0 Å². The highest BCUT2D eigenvalue weighted by Crippen LogP contribution is 2.41. The molecule has 1 heterocycles. The zero-order chi connectivity index (χ0) is 14.1. The summed E-state index contributed by atoms with van der Waals surface area (Å²) in [4.78, 5) is 2.65. The van der Waals surface area contributed by atoms with Crippen molar-refractivity contribution in [1.82, 2.24) is 4.90 Å². The SMILES string of the molecule is CC1CN(C2(CN)CCCC(C)(C)CC2)CC(C)O1. The smallest absolute Gasteiger partial charge is 0.0678 e. The second-order valence-corrected chi connectivity index (χ2v) is 7.61. The fourth-order valence-electron chi connectivity index (χ4n) is 3.93. The molecular weight excluding hydrogens is 236 g/mol. The number of nitrogens with zero attached hydrogens (tertiary/aromatic N) is 1. The number of morpholine rings is 1. The van der Waals surface area contributed by atoms with Gasteiger partial charge in [0.2, 0.25) is 0 Å². The molecule has 1 saturated heterocycles. The molecule has 2 rings (SSSR count). The fourth-order valence-corrected chi connectivity index (χ4v) is 3.93. The van der Waals surface area contributed by atoms with Crippen LogP contribution in [0.2, 0.25) is 0 Å². The normalized spacial score (nSPS) is 40.9. The van der Waals surface area contributed by atoms with Crippen molar-refractivity contribution in [2.24, 2.45) is 11.1 Å². The first-order chi connectivity index (χ1) is 8.87. The number of nitrogens with two attached hydrogens (primary N) is 1. The van der Waals surface area contributed by atoms with Gasteiger partial charge in [-0.25, -0.2) is 0 Å². The van der Waals surface area contributed by atoms with Crippen molar-refractivity contribution >= 4 is 0 Å². The van der Waals surface area contributed by atoms with Gasteiger partial charge in [-0.2, -0.15) is 0 Å². The van der Waals surface area contributed by atoms with E-state index in [1.807, 2.05) is 0 Å². The second kappa shape index (κ2) is 5.71. The molecule has 3 heteroatoms. The Morgan fingerprint density at radius 2 is 1.68 bits per heavy atom. The summed E-state index contributed by atoms with van der Waals surface area (Å²) >= 11 is 0. The van der Waals surface area contributed by atoms with E-state index in [1.165, 1.54) is 32.1 Å². The Balaban J connectivity index is 2.12. The number of ether oxygens (including phenoxy) is 1. The summed E-state index contributed by atoms with van der Waals surface area (Å²) in [6.45, 7) is 12.1. The Bertz CT molecular complexity index is 295. The van der Waals surface area contributed by atoms with Crippen LogP contribution in [-0.4, -0.2) is 42.3 Å². The minimum atomic E-state index is 0.222. The molecule has 112 valence electrons. The monoisotopic (exact) mass is 268 g/mol. The molecule has 0 spiro atoms. The summed E-state index contributed by atoms with van der Waals surface area (Å²) < 4.78 is 5.89. The van der Waals surface area contributed by atoms with E-state index >= 15 is 0 Å². The Kier molecular flexibility index (Phi) is 4.59. The van der Waals surface area contributed by atoms with E-state index < -0.39 is 0 Å². The lowest BCUT2D eigenvalue weighted by Gasteiger charge is -2.48. The van der Waals surface area contributed by atoms with Crippen LogP contribution in [0.25, 0.3) is 0 Å². The van der Waals surface area contributed by atoms with Crippen molar-refractivity contribution < 1.29 is 4.74 Å². The first-order valence-corrected chi connectivity index (χ1v) is 7.97. The highest BCUT2D eigenvalue weighted by molar-refractivity contribution is 4.97. The molecule has 0 amide bonds. The third kappa shape index (κ3) is 3.50. The van der Waals surface area contributed by atoms with Crippen molar-refractivity contribution in [3.05, 3.63) is 0 Å². The van der Waals surface area contributed by atoms with Crippen LogP contribution in [0.3, 0.4) is 0 Å². The van der Waals surface area contributed by atoms with E-state index in [-0.39, 0.29) is 5.54 Å². The average Bonchev–Trinajstić information content (AvgIpc) is 2.47. The van der Waals surface area contributed by atoms with Gasteiger partial charge in [0.25, 0.3) is 0 Å². The molecule has 0 aromatic rings.